The van der Waals surface area contributed by atoms with Crippen molar-refractivity contribution in [2.24, 2.45) is 16.6 Å². The Hall–Kier alpha value is -9.75. The largest absolute Gasteiger partial charge is 0.493 e. The smallest absolute Gasteiger partial charge is 0.414 e. The minimum absolute atomic E-state index is 0.00951. The highest BCUT2D eigenvalue weighted by atomic mass is 16.6. The molecular formula is C71H84N10O14. The number of primary amides is 1. The normalized spacial score (nSPS) is 15.6. The van der Waals surface area contributed by atoms with Crippen LogP contribution in [0.15, 0.2) is 120 Å². The molecule has 0 fully saturated rings. The number of hydrogen-bond donors (Lipinski definition) is 6. The molecule has 24 heteroatoms. The summed E-state index contributed by atoms with van der Waals surface area (Å²) < 4.78 is 47.9. The van der Waals surface area contributed by atoms with Gasteiger partial charge in [-0.05, 0) is 108 Å². The van der Waals surface area contributed by atoms with Gasteiger partial charge in [0.25, 0.3) is 11.8 Å². The second kappa shape index (κ2) is 31.9. The number of amides is 7. The van der Waals surface area contributed by atoms with E-state index < -0.39 is 30.1 Å². The van der Waals surface area contributed by atoms with Gasteiger partial charge in [-0.2, -0.15) is 0 Å². The Morgan fingerprint density at radius 2 is 1.32 bits per heavy atom. The molecule has 0 aliphatic carbocycles. The molecule has 0 aromatic heterocycles. The Morgan fingerprint density at radius 1 is 0.684 bits per heavy atom. The lowest BCUT2D eigenvalue weighted by Crippen LogP contribution is -2.54. The second-order valence-corrected chi connectivity index (χ2v) is 24.2. The van der Waals surface area contributed by atoms with Crippen molar-refractivity contribution in [2.75, 3.05) is 99.3 Å². The van der Waals surface area contributed by atoms with Crippen LogP contribution in [-0.2, 0) is 61.2 Å². The molecule has 7 amide bonds. The molecule has 0 saturated carbocycles. The summed E-state index contributed by atoms with van der Waals surface area (Å²) in [5.74, 6) is 0.100. The number of rotatable bonds is 31. The van der Waals surface area contributed by atoms with E-state index in [0.717, 1.165) is 22.5 Å². The van der Waals surface area contributed by atoms with Crippen molar-refractivity contribution in [1.82, 2.24) is 16.0 Å². The number of benzene rings is 6. The number of carbonyl (C=O) groups is 6. The van der Waals surface area contributed by atoms with Crippen LogP contribution in [0.4, 0.5) is 43.7 Å². The third-order valence-corrected chi connectivity index (χ3v) is 16.8. The highest BCUT2D eigenvalue weighted by Crippen LogP contribution is 2.43. The van der Waals surface area contributed by atoms with Crippen LogP contribution in [0.3, 0.4) is 0 Å². The van der Waals surface area contributed by atoms with Crippen molar-refractivity contribution in [2.45, 2.75) is 103 Å². The molecule has 0 unspecified atom stereocenters. The summed E-state index contributed by atoms with van der Waals surface area (Å²) in [6.45, 7) is 9.60. The molecule has 6 aromatic rings. The van der Waals surface area contributed by atoms with E-state index in [9.17, 15) is 28.8 Å². The molecule has 4 heterocycles. The van der Waals surface area contributed by atoms with Crippen LogP contribution >= 0.6 is 0 Å². The second-order valence-electron chi connectivity index (χ2n) is 24.2. The third-order valence-electron chi connectivity index (χ3n) is 16.8. The first-order valence-electron chi connectivity index (χ1n) is 32.0. The van der Waals surface area contributed by atoms with Gasteiger partial charge in [0.2, 0.25) is 11.8 Å². The topological polar surface area (TPSA) is 285 Å². The Bertz CT molecular complexity index is 3770. The lowest BCUT2D eigenvalue weighted by Gasteiger charge is -2.27. The molecule has 6 aromatic carbocycles. The van der Waals surface area contributed by atoms with Gasteiger partial charge in [-0.25, -0.2) is 9.59 Å². The summed E-state index contributed by atoms with van der Waals surface area (Å²) in [5, 5.41) is 15.1. The number of ether oxygens (including phenoxy) is 8. The van der Waals surface area contributed by atoms with E-state index in [1.165, 1.54) is 19.1 Å². The van der Waals surface area contributed by atoms with Gasteiger partial charge in [0.15, 0.2) is 23.0 Å². The van der Waals surface area contributed by atoms with E-state index in [1.54, 1.807) is 78.9 Å². The standard InChI is InChI=1S/C71H84N10O14/c1-43(2)65(76-44(3)4)67(83)78-56(15-12-22-73-70(72)86)66(82)77-50-20-18-45(19-21-50)40-95-71(87)79(23-24-91-27-28-92-26-25-88-5)51-30-46(41-93-63-36-57-54(34-61(63)89-6)68(84)80-52(38-74-57)32-48-13-8-10-16-59(48)80)29-47(31-51)42-94-64-37-58-55(35-62(64)90-7)69(85)81-53(39-75-58)33-49-14-9-11-17-60(49)81/h8-11,13-14,16-21,29-31,34-38,43-44,52-53,56,65,75-76H,12,15,22-28,32-33,39-42H2,1-7H3,(H,77,82)(H,78,83)(H3,72,73,86)/t52-,53-,56-,65-/m0/s1. The highest BCUT2D eigenvalue weighted by Gasteiger charge is 2.39. The van der Waals surface area contributed by atoms with Crippen LogP contribution in [0.2, 0.25) is 0 Å². The zero-order valence-electron chi connectivity index (χ0n) is 54.7. The van der Waals surface area contributed by atoms with E-state index >= 15 is 0 Å². The van der Waals surface area contributed by atoms with Crippen molar-refractivity contribution in [1.29, 1.82) is 0 Å². The number of methoxy groups -OCH3 is 3. The van der Waals surface area contributed by atoms with Gasteiger partial charge in [0, 0.05) is 73.8 Å². The third kappa shape index (κ3) is 16.8. The molecule has 502 valence electrons. The van der Waals surface area contributed by atoms with E-state index in [4.69, 9.17) is 48.6 Å². The number of hydrogen-bond acceptors (Lipinski definition) is 17. The van der Waals surface area contributed by atoms with E-state index in [0.29, 0.717) is 113 Å². The molecule has 95 heavy (non-hydrogen) atoms. The molecule has 4 aliphatic rings. The number of fused-ring (bicyclic) bond motifs is 8. The lowest BCUT2D eigenvalue weighted by molar-refractivity contribution is -0.129. The zero-order chi connectivity index (χ0) is 67.1. The summed E-state index contributed by atoms with van der Waals surface area (Å²) in [6, 6.07) is 32.3. The van der Waals surface area contributed by atoms with Crippen LogP contribution in [0.1, 0.15) is 89.1 Å². The van der Waals surface area contributed by atoms with Gasteiger partial charge in [-0.3, -0.25) is 34.0 Å². The van der Waals surface area contributed by atoms with Gasteiger partial charge in [-0.15, -0.1) is 0 Å². The first kappa shape index (κ1) is 68.1. The molecule has 0 spiro atoms. The van der Waals surface area contributed by atoms with Gasteiger partial charge in [0.1, 0.15) is 25.9 Å². The molecular weight excluding hydrogens is 1220 g/mol. The predicted molar refractivity (Wildman–Crippen MR) is 361 cm³/mol. The minimum atomic E-state index is -0.947. The van der Waals surface area contributed by atoms with E-state index in [2.05, 4.69) is 26.6 Å². The molecule has 24 nitrogen and oxygen atoms in total. The van der Waals surface area contributed by atoms with Gasteiger partial charge >= 0.3 is 12.1 Å². The summed E-state index contributed by atoms with van der Waals surface area (Å²) in [6.07, 6.45) is 2.99. The molecule has 0 radical (unpaired) electrons. The summed E-state index contributed by atoms with van der Waals surface area (Å²) in [5.41, 5.74) is 13.6. The summed E-state index contributed by atoms with van der Waals surface area (Å²) in [4.78, 5) is 92.2. The molecule has 0 bridgehead atoms. The van der Waals surface area contributed by atoms with Crippen molar-refractivity contribution >= 4 is 76.1 Å². The number of aliphatic imine (C=N–C) groups is 1. The molecule has 7 N–H and O–H groups in total. The minimum Gasteiger partial charge on any atom is -0.493 e. The lowest BCUT2D eigenvalue weighted by atomic mass is 10.0. The number of nitrogens with one attached hydrogen (secondary N) is 5. The Labute approximate surface area is 553 Å². The maximum Gasteiger partial charge on any atom is 0.414 e. The van der Waals surface area contributed by atoms with Crippen LogP contribution < -0.4 is 66.0 Å². The number of para-hydroxylation sites is 2. The van der Waals surface area contributed by atoms with Gasteiger partial charge in [0.05, 0.1) is 94.4 Å². The Kier molecular flexibility index (Phi) is 22.9. The fourth-order valence-electron chi connectivity index (χ4n) is 12.0. The van der Waals surface area contributed by atoms with Crippen LogP contribution in [0.25, 0.3) is 0 Å². The number of anilines is 5. The average Bonchev–Trinajstić information content (AvgIpc) is 1.63. The van der Waals surface area contributed by atoms with Gasteiger partial charge < -0.3 is 75.1 Å². The SMILES string of the molecule is COCCOCCOCCN(C(=O)OCc1ccc(NC(=O)[C@H](CCCNC(N)=O)NC(=O)[C@@H](NC(C)C)C(C)C)cc1)c1cc(COc2cc3c(cc2OC)C(=O)N2c4ccccc4C[C@H]2C=N3)cc(COc2cc3c(cc2OC)C(=O)N2c4ccccc4C[C@H]2CN3)c1. The van der Waals surface area contributed by atoms with E-state index in [-0.39, 0.29) is 101 Å². The van der Waals surface area contributed by atoms with Crippen molar-refractivity contribution in [3.05, 3.63) is 154 Å². The number of nitrogens with zero attached hydrogens (tertiary/aromatic N) is 4. The number of nitrogens with two attached hydrogens (primary N) is 1. The summed E-state index contributed by atoms with van der Waals surface area (Å²) >= 11 is 0. The fraction of sp³-hybridized carbons (Fsp3) is 0.394. The Balaban J connectivity index is 0.911. The average molecular weight is 1300 g/mol. The van der Waals surface area contributed by atoms with Crippen molar-refractivity contribution in [3.8, 4) is 23.0 Å². The fourth-order valence-corrected chi connectivity index (χ4v) is 12.0. The first-order chi connectivity index (χ1) is 46.0. The van der Waals surface area contributed by atoms with E-state index in [1.807, 2.05) is 87.2 Å². The number of urea groups is 1. The maximum atomic E-state index is 14.7. The summed E-state index contributed by atoms with van der Waals surface area (Å²) in [7, 11) is 4.61. The van der Waals surface area contributed by atoms with Crippen LogP contribution in [-0.4, -0.2) is 146 Å². The molecule has 0 saturated heterocycles. The van der Waals surface area contributed by atoms with Crippen LogP contribution in [0.5, 0.6) is 23.0 Å². The quantitative estimate of drug-likeness (QED) is 0.0222. The van der Waals surface area contributed by atoms with Crippen molar-refractivity contribution < 1.29 is 66.7 Å². The maximum absolute atomic E-state index is 14.7. The van der Waals surface area contributed by atoms with Crippen molar-refractivity contribution in [3.63, 3.8) is 0 Å². The molecule has 10 rings (SSSR count). The Morgan fingerprint density at radius 3 is 1.98 bits per heavy atom. The highest BCUT2D eigenvalue weighted by molar-refractivity contribution is 6.15. The van der Waals surface area contributed by atoms with Crippen LogP contribution in [0, 0.1) is 5.92 Å². The molecule has 4 atom stereocenters. The first-order valence-corrected chi connectivity index (χ1v) is 32.0. The monoisotopic (exact) mass is 1300 g/mol. The zero-order valence-corrected chi connectivity index (χ0v) is 54.7. The van der Waals surface area contributed by atoms with Gasteiger partial charge in [-0.1, -0.05) is 76.2 Å². The predicted octanol–water partition coefficient (Wildman–Crippen LogP) is 8.86. The molecule has 4 aliphatic heterocycles. The number of carbonyl (C=O) groups excluding carboxylic acids is 6.